The van der Waals surface area contributed by atoms with Crippen LogP contribution < -0.4 is 0 Å². The molecule has 0 saturated carbocycles. The molecule has 0 spiro atoms. The summed E-state index contributed by atoms with van der Waals surface area (Å²) in [5.41, 5.74) is 10.00. The first-order chi connectivity index (χ1) is 18.0. The standard InChI is InChI=1S/C30H29FN4O2/c1-19-14-32-9-7-25(19)27-4-2-3-21-11-23(30(36)37)5-6-26(21)29(27)22-8-10-35-18-24(33-28(35)12-22)17-34-15-20(13-31)16-34/h5-12,14,18,20H,2-4,13,15-17H2,1H3,(H,36,37). The normalized spacial score (nSPS) is 16.5. The number of aryl methyl sites for hydroxylation is 2. The molecule has 0 bridgehead atoms. The zero-order valence-electron chi connectivity index (χ0n) is 20.8. The number of pyridine rings is 2. The number of carboxylic acids is 1. The Balaban J connectivity index is 1.47. The summed E-state index contributed by atoms with van der Waals surface area (Å²) in [6, 6.07) is 11.8. The maximum atomic E-state index is 12.8. The van der Waals surface area contributed by atoms with Crippen molar-refractivity contribution in [3.63, 3.8) is 0 Å². The first-order valence-electron chi connectivity index (χ1n) is 12.8. The van der Waals surface area contributed by atoms with Crippen molar-refractivity contribution in [1.29, 1.82) is 0 Å². The van der Waals surface area contributed by atoms with Crippen LogP contribution in [-0.4, -0.2) is 50.1 Å². The van der Waals surface area contributed by atoms with Gasteiger partial charge in [-0.3, -0.25) is 14.3 Å². The van der Waals surface area contributed by atoms with Crippen LogP contribution in [0.4, 0.5) is 4.39 Å². The lowest BCUT2D eigenvalue weighted by atomic mass is 9.87. The highest BCUT2D eigenvalue weighted by Gasteiger charge is 2.27. The van der Waals surface area contributed by atoms with E-state index in [-0.39, 0.29) is 12.6 Å². The van der Waals surface area contributed by atoms with Crippen LogP contribution in [-0.2, 0) is 13.0 Å². The summed E-state index contributed by atoms with van der Waals surface area (Å²) in [4.78, 5) is 23.1. The van der Waals surface area contributed by atoms with Crippen LogP contribution >= 0.6 is 0 Å². The molecule has 1 fully saturated rings. The van der Waals surface area contributed by atoms with Gasteiger partial charge in [-0.15, -0.1) is 0 Å². The zero-order chi connectivity index (χ0) is 25.5. The summed E-state index contributed by atoms with van der Waals surface area (Å²) in [6.45, 7) is 4.12. The molecule has 1 aliphatic carbocycles. The Morgan fingerprint density at radius 2 is 2.00 bits per heavy atom. The van der Waals surface area contributed by atoms with Crippen molar-refractivity contribution < 1.29 is 14.3 Å². The predicted molar refractivity (Wildman–Crippen MR) is 141 cm³/mol. The fourth-order valence-corrected chi connectivity index (χ4v) is 5.73. The predicted octanol–water partition coefficient (Wildman–Crippen LogP) is 5.43. The van der Waals surface area contributed by atoms with Crippen LogP contribution in [0.1, 0.15) is 56.7 Å². The summed E-state index contributed by atoms with van der Waals surface area (Å²) < 4.78 is 14.9. The molecular weight excluding hydrogens is 467 g/mol. The monoisotopic (exact) mass is 496 g/mol. The number of rotatable bonds is 6. The molecule has 0 amide bonds. The molecule has 188 valence electrons. The zero-order valence-corrected chi connectivity index (χ0v) is 20.8. The largest absolute Gasteiger partial charge is 0.478 e. The fourth-order valence-electron chi connectivity index (χ4n) is 5.73. The van der Waals surface area contributed by atoms with E-state index in [2.05, 4.69) is 35.0 Å². The Bertz CT molecular complexity index is 1530. The number of fused-ring (bicyclic) bond motifs is 2. The molecule has 1 saturated heterocycles. The SMILES string of the molecule is Cc1cnccc1C1=C(c2ccn3cc(CN4CC(CF)C4)nc3c2)c2ccc(C(=O)O)cc2CCC1. The number of likely N-dealkylation sites (tertiary alicyclic amines) is 1. The molecule has 0 atom stereocenters. The molecular formula is C30H29FN4O2. The van der Waals surface area contributed by atoms with E-state index in [1.165, 1.54) is 11.1 Å². The molecule has 4 heterocycles. The van der Waals surface area contributed by atoms with E-state index in [0.29, 0.717) is 5.56 Å². The summed E-state index contributed by atoms with van der Waals surface area (Å²) in [7, 11) is 0. The van der Waals surface area contributed by atoms with Gasteiger partial charge < -0.3 is 9.51 Å². The number of nitrogens with zero attached hydrogens (tertiary/aromatic N) is 4. The van der Waals surface area contributed by atoms with E-state index in [1.807, 2.05) is 41.3 Å². The Kier molecular flexibility index (Phi) is 6.08. The lowest BCUT2D eigenvalue weighted by Gasteiger charge is -2.37. The van der Waals surface area contributed by atoms with E-state index in [0.717, 1.165) is 78.1 Å². The smallest absolute Gasteiger partial charge is 0.335 e. The average molecular weight is 497 g/mol. The Morgan fingerprint density at radius 1 is 1.14 bits per heavy atom. The molecule has 1 N–H and O–H groups in total. The van der Waals surface area contributed by atoms with Crippen LogP contribution in [0.25, 0.3) is 16.8 Å². The molecule has 4 aromatic rings. The van der Waals surface area contributed by atoms with Crippen molar-refractivity contribution >= 4 is 22.8 Å². The van der Waals surface area contributed by atoms with Gasteiger partial charge in [0.2, 0.25) is 0 Å². The topological polar surface area (TPSA) is 70.7 Å². The lowest BCUT2D eigenvalue weighted by Crippen LogP contribution is -2.46. The number of alkyl halides is 1. The van der Waals surface area contributed by atoms with Gasteiger partial charge >= 0.3 is 5.97 Å². The van der Waals surface area contributed by atoms with E-state index in [9.17, 15) is 14.3 Å². The highest BCUT2D eigenvalue weighted by molar-refractivity contribution is 6.01. The van der Waals surface area contributed by atoms with Crippen molar-refractivity contribution in [2.45, 2.75) is 32.7 Å². The minimum atomic E-state index is -0.908. The second-order valence-corrected chi connectivity index (χ2v) is 10.2. The Labute approximate surface area is 215 Å². The van der Waals surface area contributed by atoms with Crippen LogP contribution in [0.2, 0.25) is 0 Å². The van der Waals surface area contributed by atoms with Gasteiger partial charge in [0, 0.05) is 50.3 Å². The molecule has 37 heavy (non-hydrogen) atoms. The molecule has 7 heteroatoms. The first kappa shape index (κ1) is 23.6. The number of aromatic carboxylic acids is 1. The molecule has 2 aliphatic rings. The van der Waals surface area contributed by atoms with Crippen LogP contribution in [0.5, 0.6) is 0 Å². The quantitative estimate of drug-likeness (QED) is 0.385. The van der Waals surface area contributed by atoms with Gasteiger partial charge in [0.05, 0.1) is 17.9 Å². The van der Waals surface area contributed by atoms with Gasteiger partial charge in [0.25, 0.3) is 0 Å². The third-order valence-corrected chi connectivity index (χ3v) is 7.58. The fraction of sp³-hybridized carbons (Fsp3) is 0.300. The molecule has 1 aromatic carbocycles. The van der Waals surface area contributed by atoms with Crippen molar-refractivity contribution in [3.8, 4) is 0 Å². The van der Waals surface area contributed by atoms with Gasteiger partial charge in [0.1, 0.15) is 5.65 Å². The van der Waals surface area contributed by atoms with Gasteiger partial charge in [-0.1, -0.05) is 6.07 Å². The Morgan fingerprint density at radius 3 is 2.78 bits per heavy atom. The maximum absolute atomic E-state index is 12.8. The van der Waals surface area contributed by atoms with Crippen molar-refractivity contribution in [3.05, 3.63) is 100 Å². The molecule has 1 aliphatic heterocycles. The highest BCUT2D eigenvalue weighted by Crippen LogP contribution is 2.41. The van der Waals surface area contributed by atoms with Gasteiger partial charge in [0.15, 0.2) is 0 Å². The van der Waals surface area contributed by atoms with E-state index >= 15 is 0 Å². The molecule has 0 radical (unpaired) electrons. The highest BCUT2D eigenvalue weighted by atomic mass is 19.1. The third-order valence-electron chi connectivity index (χ3n) is 7.58. The summed E-state index contributed by atoms with van der Waals surface area (Å²) >= 11 is 0. The number of allylic oxidation sites excluding steroid dienone is 1. The molecule has 6 rings (SSSR count). The number of carboxylic acid groups (broad SMARTS) is 1. The van der Waals surface area contributed by atoms with Crippen molar-refractivity contribution in [2.24, 2.45) is 5.92 Å². The third kappa shape index (κ3) is 4.44. The van der Waals surface area contributed by atoms with Crippen LogP contribution in [0.3, 0.4) is 0 Å². The molecule has 0 unspecified atom stereocenters. The van der Waals surface area contributed by atoms with Gasteiger partial charge in [-0.2, -0.15) is 0 Å². The number of imidazole rings is 1. The number of aromatic nitrogens is 3. The van der Waals surface area contributed by atoms with Crippen LogP contribution in [0, 0.1) is 12.8 Å². The first-order valence-corrected chi connectivity index (χ1v) is 12.8. The van der Waals surface area contributed by atoms with E-state index in [4.69, 9.17) is 4.98 Å². The number of hydrogen-bond acceptors (Lipinski definition) is 4. The molecule has 6 nitrogen and oxygen atoms in total. The number of halogens is 1. The van der Waals surface area contributed by atoms with Gasteiger partial charge in [-0.25, -0.2) is 9.78 Å². The lowest BCUT2D eigenvalue weighted by molar-refractivity contribution is 0.0696. The van der Waals surface area contributed by atoms with Crippen LogP contribution in [0.15, 0.2) is 61.2 Å². The van der Waals surface area contributed by atoms with Crippen molar-refractivity contribution in [1.82, 2.24) is 19.3 Å². The summed E-state index contributed by atoms with van der Waals surface area (Å²) in [6.07, 6.45) is 10.5. The summed E-state index contributed by atoms with van der Waals surface area (Å²) in [5, 5.41) is 9.59. The Hall–Kier alpha value is -3.84. The van der Waals surface area contributed by atoms with Crippen molar-refractivity contribution in [2.75, 3.05) is 19.8 Å². The number of benzene rings is 1. The second-order valence-electron chi connectivity index (χ2n) is 10.2. The number of carbonyl (C=O) groups is 1. The van der Waals surface area contributed by atoms with E-state index in [1.54, 1.807) is 6.07 Å². The minimum absolute atomic E-state index is 0.155. The number of hydrogen-bond donors (Lipinski definition) is 1. The minimum Gasteiger partial charge on any atom is -0.478 e. The van der Waals surface area contributed by atoms with E-state index < -0.39 is 5.97 Å². The van der Waals surface area contributed by atoms with Gasteiger partial charge in [-0.05, 0) is 95.5 Å². The maximum Gasteiger partial charge on any atom is 0.335 e. The summed E-state index contributed by atoms with van der Waals surface area (Å²) in [5.74, 6) is -0.753. The molecule has 3 aromatic heterocycles. The average Bonchev–Trinajstić information content (AvgIpc) is 3.18. The second kappa shape index (κ2) is 9.56.